The Bertz CT molecular complexity index is 405. The molecule has 0 aliphatic rings. The molecule has 1 nitrogen and oxygen atoms in total. The van der Waals surface area contributed by atoms with Crippen molar-refractivity contribution in [3.63, 3.8) is 0 Å². The van der Waals surface area contributed by atoms with Gasteiger partial charge in [0, 0.05) is 22.0 Å². The van der Waals surface area contributed by atoms with Crippen LogP contribution in [0.3, 0.4) is 0 Å². The van der Waals surface area contributed by atoms with Crippen LogP contribution in [0.15, 0.2) is 17.0 Å². The van der Waals surface area contributed by atoms with Gasteiger partial charge in [0.25, 0.3) is 0 Å². The quantitative estimate of drug-likeness (QED) is 0.712. The fourth-order valence-corrected chi connectivity index (χ4v) is 3.06. The SMILES string of the molecule is Cc1cscc1-c1ncc(CCl)s1. The first kappa shape index (κ1) is 9.19. The number of hydrogen-bond acceptors (Lipinski definition) is 3. The lowest BCUT2D eigenvalue weighted by atomic mass is 10.2. The van der Waals surface area contributed by atoms with E-state index in [4.69, 9.17) is 11.6 Å². The van der Waals surface area contributed by atoms with Crippen molar-refractivity contribution < 1.29 is 0 Å². The number of thiazole rings is 1. The summed E-state index contributed by atoms with van der Waals surface area (Å²) in [6.45, 7) is 2.10. The Hall–Kier alpha value is -0.380. The second-order valence-corrected chi connectivity index (χ2v) is 4.86. The van der Waals surface area contributed by atoms with Crippen LogP contribution in [0.4, 0.5) is 0 Å². The highest BCUT2D eigenvalue weighted by molar-refractivity contribution is 7.15. The van der Waals surface area contributed by atoms with Gasteiger partial charge in [0.15, 0.2) is 0 Å². The molecule has 0 unspecified atom stereocenters. The Morgan fingerprint density at radius 2 is 2.31 bits per heavy atom. The van der Waals surface area contributed by atoms with Crippen LogP contribution in [-0.2, 0) is 5.88 Å². The van der Waals surface area contributed by atoms with Crippen LogP contribution in [0.5, 0.6) is 0 Å². The summed E-state index contributed by atoms with van der Waals surface area (Å²) in [7, 11) is 0. The zero-order chi connectivity index (χ0) is 9.26. The molecule has 2 aromatic rings. The number of hydrogen-bond donors (Lipinski definition) is 0. The monoisotopic (exact) mass is 229 g/mol. The molecule has 0 fully saturated rings. The number of nitrogens with zero attached hydrogens (tertiary/aromatic N) is 1. The van der Waals surface area contributed by atoms with Gasteiger partial charge in [-0.25, -0.2) is 4.98 Å². The lowest BCUT2D eigenvalue weighted by molar-refractivity contribution is 1.36. The number of alkyl halides is 1. The molecule has 0 atom stereocenters. The molecule has 2 rings (SSSR count). The average molecular weight is 230 g/mol. The van der Waals surface area contributed by atoms with Crippen molar-refractivity contribution in [3.8, 4) is 10.6 Å². The zero-order valence-electron chi connectivity index (χ0n) is 7.08. The van der Waals surface area contributed by atoms with Crippen LogP contribution in [-0.4, -0.2) is 4.98 Å². The summed E-state index contributed by atoms with van der Waals surface area (Å²) in [6, 6.07) is 0. The number of thiophene rings is 1. The number of aromatic nitrogens is 1. The highest BCUT2D eigenvalue weighted by atomic mass is 35.5. The van der Waals surface area contributed by atoms with Crippen molar-refractivity contribution in [2.45, 2.75) is 12.8 Å². The normalized spacial score (nSPS) is 10.6. The summed E-state index contributed by atoms with van der Waals surface area (Å²) in [6.07, 6.45) is 1.85. The van der Waals surface area contributed by atoms with E-state index >= 15 is 0 Å². The molecule has 4 heteroatoms. The topological polar surface area (TPSA) is 12.9 Å². The minimum Gasteiger partial charge on any atom is -0.244 e. The van der Waals surface area contributed by atoms with E-state index in [1.165, 1.54) is 11.1 Å². The molecule has 0 aliphatic heterocycles. The van der Waals surface area contributed by atoms with Gasteiger partial charge in [-0.3, -0.25) is 0 Å². The molecule has 2 heterocycles. The molecule has 13 heavy (non-hydrogen) atoms. The summed E-state index contributed by atoms with van der Waals surface area (Å²) in [4.78, 5) is 5.46. The molecular formula is C9H8ClNS2. The summed E-state index contributed by atoms with van der Waals surface area (Å²) in [5, 5.41) is 5.35. The van der Waals surface area contributed by atoms with E-state index < -0.39 is 0 Å². The smallest absolute Gasteiger partial charge is 0.124 e. The molecule has 0 N–H and O–H groups in total. The standard InChI is InChI=1S/C9H8ClNS2/c1-6-4-12-5-8(6)9-11-3-7(2-10)13-9/h3-5H,2H2,1H3. The predicted molar refractivity (Wildman–Crippen MR) is 59.7 cm³/mol. The third-order valence-electron chi connectivity index (χ3n) is 1.77. The molecular weight excluding hydrogens is 222 g/mol. The van der Waals surface area contributed by atoms with E-state index in [1.807, 2.05) is 6.20 Å². The van der Waals surface area contributed by atoms with Crippen molar-refractivity contribution in [1.29, 1.82) is 0 Å². The van der Waals surface area contributed by atoms with Crippen molar-refractivity contribution in [2.24, 2.45) is 0 Å². The molecule has 0 aliphatic carbocycles. The van der Waals surface area contributed by atoms with E-state index in [-0.39, 0.29) is 0 Å². The van der Waals surface area contributed by atoms with Crippen LogP contribution in [0.1, 0.15) is 10.4 Å². The maximum atomic E-state index is 5.71. The highest BCUT2D eigenvalue weighted by Crippen LogP contribution is 2.30. The van der Waals surface area contributed by atoms with Crippen molar-refractivity contribution in [1.82, 2.24) is 4.98 Å². The molecule has 0 saturated heterocycles. The molecule has 0 aromatic carbocycles. The molecule has 0 bridgehead atoms. The van der Waals surface area contributed by atoms with Crippen LogP contribution in [0.2, 0.25) is 0 Å². The van der Waals surface area contributed by atoms with Gasteiger partial charge in [0.2, 0.25) is 0 Å². The van der Waals surface area contributed by atoms with Gasteiger partial charge >= 0.3 is 0 Å². The Morgan fingerprint density at radius 1 is 1.46 bits per heavy atom. The van der Waals surface area contributed by atoms with E-state index in [0.29, 0.717) is 5.88 Å². The van der Waals surface area contributed by atoms with E-state index in [2.05, 4.69) is 22.7 Å². The molecule has 0 saturated carbocycles. The molecule has 0 radical (unpaired) electrons. The number of rotatable bonds is 2. The van der Waals surface area contributed by atoms with E-state index in [1.54, 1.807) is 22.7 Å². The van der Waals surface area contributed by atoms with Crippen LogP contribution < -0.4 is 0 Å². The van der Waals surface area contributed by atoms with Crippen LogP contribution >= 0.6 is 34.3 Å². The molecule has 0 spiro atoms. The maximum Gasteiger partial charge on any atom is 0.124 e. The minimum absolute atomic E-state index is 0.556. The summed E-state index contributed by atoms with van der Waals surface area (Å²) in [5.41, 5.74) is 2.53. The Kier molecular flexibility index (Phi) is 2.67. The lowest BCUT2D eigenvalue weighted by Crippen LogP contribution is -1.72. The fraction of sp³-hybridized carbons (Fsp3) is 0.222. The second-order valence-electron chi connectivity index (χ2n) is 2.73. The van der Waals surface area contributed by atoms with Crippen LogP contribution in [0, 0.1) is 6.92 Å². The van der Waals surface area contributed by atoms with E-state index in [0.717, 1.165) is 9.88 Å². The summed E-state index contributed by atoms with van der Waals surface area (Å²) >= 11 is 9.09. The zero-order valence-corrected chi connectivity index (χ0v) is 9.47. The fourth-order valence-electron chi connectivity index (χ4n) is 1.07. The Balaban J connectivity index is 2.41. The minimum atomic E-state index is 0.556. The Labute approximate surface area is 90.0 Å². The first-order valence-electron chi connectivity index (χ1n) is 3.85. The van der Waals surface area contributed by atoms with Gasteiger partial charge in [0.1, 0.15) is 5.01 Å². The highest BCUT2D eigenvalue weighted by Gasteiger charge is 2.07. The maximum absolute atomic E-state index is 5.71. The second kappa shape index (κ2) is 3.78. The third kappa shape index (κ3) is 1.77. The summed E-state index contributed by atoms with van der Waals surface area (Å²) in [5.74, 6) is 0.556. The lowest BCUT2D eigenvalue weighted by Gasteiger charge is -1.91. The predicted octanol–water partition coefficient (Wildman–Crippen LogP) is 3.92. The van der Waals surface area contributed by atoms with Gasteiger partial charge in [0.05, 0.1) is 5.88 Å². The molecule has 2 aromatic heterocycles. The van der Waals surface area contributed by atoms with E-state index in [9.17, 15) is 0 Å². The first-order chi connectivity index (χ1) is 6.31. The largest absolute Gasteiger partial charge is 0.244 e. The van der Waals surface area contributed by atoms with Crippen LogP contribution in [0.25, 0.3) is 10.6 Å². The van der Waals surface area contributed by atoms with Gasteiger partial charge in [-0.1, -0.05) is 0 Å². The summed E-state index contributed by atoms with van der Waals surface area (Å²) < 4.78 is 0. The molecule has 68 valence electrons. The number of aryl methyl sites for hydroxylation is 1. The first-order valence-corrected chi connectivity index (χ1v) is 6.14. The van der Waals surface area contributed by atoms with Crippen molar-refractivity contribution in [3.05, 3.63) is 27.4 Å². The average Bonchev–Trinajstić information content (AvgIpc) is 2.71. The Morgan fingerprint density at radius 3 is 2.85 bits per heavy atom. The molecule has 0 amide bonds. The van der Waals surface area contributed by atoms with Crippen molar-refractivity contribution >= 4 is 34.3 Å². The third-order valence-corrected chi connectivity index (χ3v) is 4.11. The van der Waals surface area contributed by atoms with Gasteiger partial charge in [-0.2, -0.15) is 11.3 Å². The number of halogens is 1. The van der Waals surface area contributed by atoms with Crippen molar-refractivity contribution in [2.75, 3.05) is 0 Å². The van der Waals surface area contributed by atoms with Gasteiger partial charge < -0.3 is 0 Å². The van der Waals surface area contributed by atoms with Gasteiger partial charge in [-0.05, 0) is 17.9 Å². The van der Waals surface area contributed by atoms with Gasteiger partial charge in [-0.15, -0.1) is 22.9 Å².